The van der Waals surface area contributed by atoms with Crippen molar-refractivity contribution in [1.82, 2.24) is 4.98 Å². The van der Waals surface area contributed by atoms with Crippen molar-refractivity contribution in [1.29, 1.82) is 5.26 Å². The van der Waals surface area contributed by atoms with Crippen LogP contribution in [0.4, 0.5) is 5.69 Å². The number of hydrogen-bond acceptors (Lipinski definition) is 3. The molecule has 1 aromatic heterocycles. The molecule has 1 aliphatic carbocycles. The third-order valence-electron chi connectivity index (χ3n) is 3.01. The zero-order chi connectivity index (χ0) is 11.5. The highest BCUT2D eigenvalue weighted by Gasteiger charge is 2.20. The molecule has 2 rings (SSSR count). The van der Waals surface area contributed by atoms with Crippen LogP contribution in [-0.4, -0.2) is 11.5 Å². The lowest BCUT2D eigenvalue weighted by Crippen LogP contribution is -2.06. The van der Waals surface area contributed by atoms with Crippen LogP contribution < -0.4 is 5.32 Å². The first-order valence-electron chi connectivity index (χ1n) is 5.83. The smallest absolute Gasteiger partial charge is 0.103 e. The van der Waals surface area contributed by atoms with E-state index >= 15 is 0 Å². The number of nitriles is 1. The van der Waals surface area contributed by atoms with Crippen LogP contribution in [0.5, 0.6) is 0 Å². The number of aromatic nitrogens is 1. The molecule has 0 aliphatic heterocycles. The van der Waals surface area contributed by atoms with Crippen molar-refractivity contribution in [3.8, 4) is 6.07 Å². The Labute approximate surface area is 96.5 Å². The Hall–Kier alpha value is -1.56. The summed E-state index contributed by atoms with van der Waals surface area (Å²) in [7, 11) is 0. The predicted molar refractivity (Wildman–Crippen MR) is 64.3 cm³/mol. The summed E-state index contributed by atoms with van der Waals surface area (Å²) in [6.45, 7) is 4.81. The Morgan fingerprint density at radius 1 is 1.50 bits per heavy atom. The Bertz CT molecular complexity index is 428. The van der Waals surface area contributed by atoms with Crippen LogP contribution in [0.25, 0.3) is 0 Å². The number of nitrogens with one attached hydrogen (secondary N) is 1. The number of rotatable bonds is 4. The average molecular weight is 215 g/mol. The summed E-state index contributed by atoms with van der Waals surface area (Å²) >= 11 is 0. The van der Waals surface area contributed by atoms with Crippen molar-refractivity contribution < 1.29 is 0 Å². The van der Waals surface area contributed by atoms with E-state index in [-0.39, 0.29) is 0 Å². The molecule has 0 bridgehead atoms. The average Bonchev–Trinajstić information content (AvgIpc) is 3.01. The number of anilines is 1. The molecule has 0 aromatic carbocycles. The maximum atomic E-state index is 9.08. The van der Waals surface area contributed by atoms with Crippen molar-refractivity contribution in [3.05, 3.63) is 23.0 Å². The largest absolute Gasteiger partial charge is 0.384 e. The summed E-state index contributed by atoms with van der Waals surface area (Å²) in [5.41, 5.74) is 3.40. The molecule has 1 N–H and O–H groups in total. The molecule has 0 amide bonds. The molecule has 3 nitrogen and oxygen atoms in total. The Kier molecular flexibility index (Phi) is 3.09. The normalized spacial score (nSPS) is 14.6. The topological polar surface area (TPSA) is 48.7 Å². The lowest BCUT2D eigenvalue weighted by Gasteiger charge is -2.10. The molecule has 16 heavy (non-hydrogen) atoms. The molecular weight excluding hydrogens is 198 g/mol. The first-order chi connectivity index (χ1) is 7.70. The Balaban J connectivity index is 2.08. The zero-order valence-electron chi connectivity index (χ0n) is 9.88. The van der Waals surface area contributed by atoms with Crippen molar-refractivity contribution in [2.75, 3.05) is 11.9 Å². The van der Waals surface area contributed by atoms with Crippen LogP contribution in [0, 0.1) is 31.1 Å². The summed E-state index contributed by atoms with van der Waals surface area (Å²) in [5.74, 6) is 0.919. The fraction of sp³-hybridized carbons (Fsp3) is 0.538. The number of pyridine rings is 1. The van der Waals surface area contributed by atoms with E-state index in [4.69, 9.17) is 5.26 Å². The molecule has 0 atom stereocenters. The van der Waals surface area contributed by atoms with E-state index in [1.165, 1.54) is 19.3 Å². The number of nitrogens with zero attached hydrogens (tertiary/aromatic N) is 2. The van der Waals surface area contributed by atoms with Gasteiger partial charge in [-0.05, 0) is 32.3 Å². The van der Waals surface area contributed by atoms with Crippen LogP contribution in [-0.2, 0) is 0 Å². The molecule has 1 aliphatic rings. The van der Waals surface area contributed by atoms with Crippen LogP contribution in [0.1, 0.15) is 36.2 Å². The molecule has 84 valence electrons. The van der Waals surface area contributed by atoms with Gasteiger partial charge >= 0.3 is 0 Å². The lowest BCUT2D eigenvalue weighted by atomic mass is 10.1. The van der Waals surface area contributed by atoms with Gasteiger partial charge < -0.3 is 5.32 Å². The van der Waals surface area contributed by atoms with Gasteiger partial charge in [-0.25, -0.2) is 0 Å². The first-order valence-corrected chi connectivity index (χ1v) is 5.83. The third kappa shape index (κ3) is 2.52. The monoisotopic (exact) mass is 215 g/mol. The van der Waals surface area contributed by atoms with E-state index in [2.05, 4.69) is 16.4 Å². The second-order valence-corrected chi connectivity index (χ2v) is 4.54. The minimum atomic E-state index is 0.682. The highest BCUT2D eigenvalue weighted by molar-refractivity contribution is 5.59. The number of hydrogen-bond donors (Lipinski definition) is 1. The lowest BCUT2D eigenvalue weighted by molar-refractivity contribution is 0.760. The van der Waals surface area contributed by atoms with Crippen LogP contribution >= 0.6 is 0 Å². The fourth-order valence-electron chi connectivity index (χ4n) is 1.93. The molecular formula is C13H17N3. The zero-order valence-corrected chi connectivity index (χ0v) is 9.88. The molecule has 0 unspecified atom stereocenters. The van der Waals surface area contributed by atoms with Crippen molar-refractivity contribution in [3.63, 3.8) is 0 Å². The number of aryl methyl sites for hydroxylation is 2. The minimum Gasteiger partial charge on any atom is -0.384 e. The second-order valence-electron chi connectivity index (χ2n) is 4.54. The minimum absolute atomic E-state index is 0.682. The van der Waals surface area contributed by atoms with Gasteiger partial charge in [-0.3, -0.25) is 4.98 Å². The maximum absolute atomic E-state index is 9.08. The van der Waals surface area contributed by atoms with E-state index in [1.54, 1.807) is 0 Å². The summed E-state index contributed by atoms with van der Waals surface area (Å²) in [5, 5.41) is 12.4. The summed E-state index contributed by atoms with van der Waals surface area (Å²) in [6.07, 6.45) is 3.97. The van der Waals surface area contributed by atoms with E-state index in [1.807, 2.05) is 19.9 Å². The molecule has 1 heterocycles. The van der Waals surface area contributed by atoms with Gasteiger partial charge in [-0.2, -0.15) is 5.26 Å². The molecule has 1 saturated carbocycles. The quantitative estimate of drug-likeness (QED) is 0.840. The molecule has 0 saturated heterocycles. The van der Waals surface area contributed by atoms with Crippen molar-refractivity contribution >= 4 is 5.69 Å². The molecule has 3 heteroatoms. The maximum Gasteiger partial charge on any atom is 0.103 e. The van der Waals surface area contributed by atoms with Crippen molar-refractivity contribution in [2.24, 2.45) is 5.92 Å². The van der Waals surface area contributed by atoms with Gasteiger partial charge in [-0.1, -0.05) is 12.8 Å². The van der Waals surface area contributed by atoms with Crippen LogP contribution in [0.15, 0.2) is 6.07 Å². The predicted octanol–water partition coefficient (Wildman–Crippen LogP) is 2.78. The Morgan fingerprint density at radius 3 is 2.88 bits per heavy atom. The highest BCUT2D eigenvalue weighted by atomic mass is 14.9. The summed E-state index contributed by atoms with van der Waals surface area (Å²) in [6, 6.07) is 4.18. The third-order valence-corrected chi connectivity index (χ3v) is 3.01. The summed E-state index contributed by atoms with van der Waals surface area (Å²) < 4.78 is 0. The fourth-order valence-corrected chi connectivity index (χ4v) is 1.93. The van der Waals surface area contributed by atoms with E-state index < -0.39 is 0 Å². The first kappa shape index (κ1) is 10.9. The van der Waals surface area contributed by atoms with Gasteiger partial charge in [-0.15, -0.1) is 0 Å². The van der Waals surface area contributed by atoms with Crippen molar-refractivity contribution in [2.45, 2.75) is 33.1 Å². The van der Waals surface area contributed by atoms with Gasteiger partial charge in [0.15, 0.2) is 0 Å². The van der Waals surface area contributed by atoms with Gasteiger partial charge in [0.1, 0.15) is 6.07 Å². The van der Waals surface area contributed by atoms with Crippen LogP contribution in [0.2, 0.25) is 0 Å². The van der Waals surface area contributed by atoms with E-state index in [9.17, 15) is 0 Å². The van der Waals surface area contributed by atoms with Crippen LogP contribution in [0.3, 0.4) is 0 Å². The van der Waals surface area contributed by atoms with E-state index in [0.29, 0.717) is 5.56 Å². The van der Waals surface area contributed by atoms with E-state index in [0.717, 1.165) is 29.5 Å². The highest BCUT2D eigenvalue weighted by Crippen LogP contribution is 2.32. The molecule has 1 aromatic rings. The second kappa shape index (κ2) is 4.52. The SMILES string of the molecule is Cc1cc(NCCC2CC2)c(C#N)c(C)n1. The molecule has 1 fully saturated rings. The van der Waals surface area contributed by atoms with Gasteiger partial charge in [0, 0.05) is 12.2 Å². The Morgan fingerprint density at radius 2 is 2.25 bits per heavy atom. The standard InChI is InChI=1S/C13H17N3/c1-9-7-13(12(8-14)10(2)16-9)15-6-5-11-3-4-11/h7,11H,3-6H2,1-2H3,(H,15,16). The molecule has 0 spiro atoms. The van der Waals surface area contributed by atoms with Gasteiger partial charge in [0.25, 0.3) is 0 Å². The van der Waals surface area contributed by atoms with Gasteiger partial charge in [0.2, 0.25) is 0 Å². The van der Waals surface area contributed by atoms with Gasteiger partial charge in [0.05, 0.1) is 16.9 Å². The summed E-state index contributed by atoms with van der Waals surface area (Å²) in [4.78, 5) is 4.30. The molecule has 0 radical (unpaired) electrons.